The summed E-state index contributed by atoms with van der Waals surface area (Å²) in [6.07, 6.45) is 2.15. The van der Waals surface area contributed by atoms with Crippen LogP contribution in [0.5, 0.6) is 11.5 Å². The van der Waals surface area contributed by atoms with Crippen molar-refractivity contribution >= 4 is 27.5 Å². The van der Waals surface area contributed by atoms with Gasteiger partial charge < -0.3 is 19.7 Å². The fourth-order valence-corrected chi connectivity index (χ4v) is 4.67. The van der Waals surface area contributed by atoms with Gasteiger partial charge in [-0.2, -0.15) is 0 Å². The van der Waals surface area contributed by atoms with Crippen LogP contribution >= 0.6 is 0 Å². The molecule has 0 saturated carbocycles. The smallest absolute Gasteiger partial charge is 0.244 e. The Kier molecular flexibility index (Phi) is 11.2. The summed E-state index contributed by atoms with van der Waals surface area (Å²) in [5, 5.41) is 2.95. The number of carbonyl (C=O) groups excluding carboxylic acids is 2. The largest absolute Gasteiger partial charge is 0.497 e. The molecule has 9 nitrogen and oxygen atoms in total. The van der Waals surface area contributed by atoms with Crippen LogP contribution in [0.1, 0.15) is 46.1 Å². The van der Waals surface area contributed by atoms with E-state index < -0.39 is 28.5 Å². The molecule has 1 N–H and O–H groups in total. The molecule has 0 radical (unpaired) electrons. The minimum absolute atomic E-state index is 0.0632. The number of benzene rings is 2. The van der Waals surface area contributed by atoms with Gasteiger partial charge in [-0.15, -0.1) is 0 Å². The molecule has 0 aromatic heterocycles. The van der Waals surface area contributed by atoms with Crippen LogP contribution in [0, 0.1) is 0 Å². The predicted molar refractivity (Wildman–Crippen MR) is 145 cm³/mol. The third-order valence-electron chi connectivity index (χ3n) is 5.99. The topological polar surface area (TPSA) is 105 Å². The van der Waals surface area contributed by atoms with Crippen molar-refractivity contribution in [2.24, 2.45) is 0 Å². The highest BCUT2D eigenvalue weighted by atomic mass is 32.2. The van der Waals surface area contributed by atoms with Gasteiger partial charge in [-0.3, -0.25) is 13.9 Å². The van der Waals surface area contributed by atoms with Crippen molar-refractivity contribution < 1.29 is 27.5 Å². The van der Waals surface area contributed by atoms with Gasteiger partial charge in [-0.05, 0) is 68.7 Å². The van der Waals surface area contributed by atoms with Crippen molar-refractivity contribution in [1.82, 2.24) is 10.2 Å². The number of sulfonamides is 1. The highest BCUT2D eigenvalue weighted by molar-refractivity contribution is 7.92. The molecule has 0 heterocycles. The first-order valence-corrected chi connectivity index (χ1v) is 14.3. The van der Waals surface area contributed by atoms with E-state index in [-0.39, 0.29) is 18.5 Å². The molecule has 204 valence electrons. The van der Waals surface area contributed by atoms with Crippen LogP contribution in [0.25, 0.3) is 0 Å². The molecular weight excluding hydrogens is 494 g/mol. The van der Waals surface area contributed by atoms with Crippen LogP contribution < -0.4 is 19.1 Å². The van der Waals surface area contributed by atoms with Crippen LogP contribution in [0.4, 0.5) is 5.69 Å². The van der Waals surface area contributed by atoms with Crippen molar-refractivity contribution in [3.05, 3.63) is 54.1 Å². The van der Waals surface area contributed by atoms with Crippen LogP contribution in [-0.2, 0) is 26.2 Å². The number of carbonyl (C=O) groups is 2. The maximum absolute atomic E-state index is 13.7. The summed E-state index contributed by atoms with van der Waals surface area (Å²) < 4.78 is 37.3. The first kappa shape index (κ1) is 30.0. The summed E-state index contributed by atoms with van der Waals surface area (Å²) in [6, 6.07) is 12.9. The number of rotatable bonds is 14. The lowest BCUT2D eigenvalue weighted by Crippen LogP contribution is -2.53. The molecule has 10 heteroatoms. The number of anilines is 1. The number of ether oxygens (including phenoxy) is 2. The first-order valence-electron chi connectivity index (χ1n) is 12.5. The second-order valence-electron chi connectivity index (χ2n) is 8.81. The molecule has 37 heavy (non-hydrogen) atoms. The molecule has 0 bridgehead atoms. The van der Waals surface area contributed by atoms with Crippen LogP contribution in [0.2, 0.25) is 0 Å². The van der Waals surface area contributed by atoms with Gasteiger partial charge in [0.05, 0.1) is 25.7 Å². The average Bonchev–Trinajstić information content (AvgIpc) is 2.87. The second-order valence-corrected chi connectivity index (χ2v) is 10.7. The third-order valence-corrected chi connectivity index (χ3v) is 7.13. The Morgan fingerprint density at radius 2 is 1.68 bits per heavy atom. The zero-order chi connectivity index (χ0) is 27.6. The summed E-state index contributed by atoms with van der Waals surface area (Å²) in [7, 11) is -2.25. The highest BCUT2D eigenvalue weighted by Gasteiger charge is 2.32. The quantitative estimate of drug-likeness (QED) is 0.398. The van der Waals surface area contributed by atoms with E-state index in [0.717, 1.165) is 22.5 Å². The minimum Gasteiger partial charge on any atom is -0.497 e. The minimum atomic E-state index is -3.81. The molecule has 2 rings (SSSR count). The van der Waals surface area contributed by atoms with Crippen molar-refractivity contribution in [1.29, 1.82) is 0 Å². The maximum atomic E-state index is 13.7. The Balaban J connectivity index is 2.43. The van der Waals surface area contributed by atoms with E-state index in [2.05, 4.69) is 5.32 Å². The van der Waals surface area contributed by atoms with E-state index in [4.69, 9.17) is 9.47 Å². The SMILES string of the molecule is CCOc1ccc(N(CC(=O)N(Cc2cccc(OC)c2)[C@@H](CC)C(=O)N[C@@H](C)CC)S(C)(=O)=O)cc1. The van der Waals surface area contributed by atoms with Crippen molar-refractivity contribution in [3.8, 4) is 11.5 Å². The Labute approximate surface area is 220 Å². The molecule has 2 amide bonds. The Hall–Kier alpha value is -3.27. The summed E-state index contributed by atoms with van der Waals surface area (Å²) in [6.45, 7) is 7.68. The Morgan fingerprint density at radius 1 is 1.00 bits per heavy atom. The average molecular weight is 534 g/mol. The van der Waals surface area contributed by atoms with E-state index in [1.165, 1.54) is 4.90 Å². The van der Waals surface area contributed by atoms with Crippen LogP contribution in [0.3, 0.4) is 0 Å². The lowest BCUT2D eigenvalue weighted by molar-refractivity contribution is -0.140. The summed E-state index contributed by atoms with van der Waals surface area (Å²) >= 11 is 0. The zero-order valence-corrected chi connectivity index (χ0v) is 23.4. The Bertz CT molecular complexity index is 1140. The van der Waals surface area contributed by atoms with Gasteiger partial charge >= 0.3 is 0 Å². The first-order chi connectivity index (χ1) is 17.5. The van der Waals surface area contributed by atoms with Gasteiger partial charge in [-0.1, -0.05) is 26.0 Å². The lowest BCUT2D eigenvalue weighted by Gasteiger charge is -2.33. The molecule has 2 atom stereocenters. The van der Waals surface area contributed by atoms with E-state index >= 15 is 0 Å². The molecule has 0 fully saturated rings. The second kappa shape index (κ2) is 13.9. The standard InChI is InChI=1S/C27H39N3O6S/c1-7-20(4)28-27(32)25(8-2)29(18-21-11-10-12-24(17-21)35-5)26(31)19-30(37(6,33)34)22-13-15-23(16-14-22)36-9-3/h10-17,20,25H,7-9,18-19H2,1-6H3,(H,28,32)/t20-,25-/m0/s1. The molecule has 0 unspecified atom stereocenters. The van der Waals surface area contributed by atoms with Gasteiger partial charge in [-0.25, -0.2) is 8.42 Å². The van der Waals surface area contributed by atoms with E-state index in [0.29, 0.717) is 30.2 Å². The predicted octanol–water partition coefficient (Wildman–Crippen LogP) is 3.58. The molecule has 0 aliphatic heterocycles. The molecule has 0 spiro atoms. The number of nitrogens with one attached hydrogen (secondary N) is 1. The lowest BCUT2D eigenvalue weighted by atomic mass is 10.1. The highest BCUT2D eigenvalue weighted by Crippen LogP contribution is 2.23. The summed E-state index contributed by atoms with van der Waals surface area (Å²) in [5.41, 5.74) is 1.09. The van der Waals surface area contributed by atoms with E-state index in [1.54, 1.807) is 49.6 Å². The fourth-order valence-electron chi connectivity index (χ4n) is 3.82. The number of amides is 2. The fraction of sp³-hybridized carbons (Fsp3) is 0.481. The molecule has 0 aliphatic rings. The van der Waals surface area contributed by atoms with Gasteiger partial charge in [0.15, 0.2) is 0 Å². The molecule has 0 aliphatic carbocycles. The maximum Gasteiger partial charge on any atom is 0.244 e. The van der Waals surface area contributed by atoms with E-state index in [1.807, 2.05) is 33.8 Å². The summed E-state index contributed by atoms with van der Waals surface area (Å²) in [4.78, 5) is 28.4. The molecular formula is C27H39N3O6S. The third kappa shape index (κ3) is 8.66. The summed E-state index contributed by atoms with van der Waals surface area (Å²) in [5.74, 6) is 0.445. The van der Waals surface area contributed by atoms with Crippen molar-refractivity contribution in [2.75, 3.05) is 30.8 Å². The number of methoxy groups -OCH3 is 1. The van der Waals surface area contributed by atoms with Gasteiger partial charge in [0.25, 0.3) is 0 Å². The van der Waals surface area contributed by atoms with E-state index in [9.17, 15) is 18.0 Å². The molecule has 2 aromatic carbocycles. The van der Waals surface area contributed by atoms with Crippen molar-refractivity contribution in [2.45, 2.75) is 59.2 Å². The van der Waals surface area contributed by atoms with Crippen LogP contribution in [0.15, 0.2) is 48.5 Å². The number of hydrogen-bond donors (Lipinski definition) is 1. The Morgan fingerprint density at radius 3 is 2.22 bits per heavy atom. The number of nitrogens with zero attached hydrogens (tertiary/aromatic N) is 2. The van der Waals surface area contributed by atoms with Gasteiger partial charge in [0.1, 0.15) is 24.1 Å². The monoisotopic (exact) mass is 533 g/mol. The van der Waals surface area contributed by atoms with Gasteiger partial charge in [0, 0.05) is 12.6 Å². The molecule has 0 saturated heterocycles. The van der Waals surface area contributed by atoms with Gasteiger partial charge in [0.2, 0.25) is 21.8 Å². The number of hydrogen-bond acceptors (Lipinski definition) is 6. The molecule has 2 aromatic rings. The van der Waals surface area contributed by atoms with Crippen molar-refractivity contribution in [3.63, 3.8) is 0 Å². The zero-order valence-electron chi connectivity index (χ0n) is 22.6. The van der Waals surface area contributed by atoms with Crippen LogP contribution in [-0.4, -0.2) is 63.7 Å². The normalized spacial score (nSPS) is 12.8.